The van der Waals surface area contributed by atoms with Crippen LogP contribution in [-0.2, 0) is 12.8 Å². The zero-order chi connectivity index (χ0) is 15.0. The van der Waals surface area contributed by atoms with Gasteiger partial charge in [0.25, 0.3) is 0 Å². The molecule has 2 heterocycles. The first-order valence-corrected chi connectivity index (χ1v) is 7.29. The normalized spacial score (nSPS) is 23.4. The number of aliphatic hydroxyl groups is 1. The minimum absolute atomic E-state index is 0.0641. The van der Waals surface area contributed by atoms with Gasteiger partial charge in [0.05, 0.1) is 12.2 Å². The van der Waals surface area contributed by atoms with E-state index in [0.29, 0.717) is 11.7 Å². The minimum atomic E-state index is -4.43. The van der Waals surface area contributed by atoms with Gasteiger partial charge in [-0.15, -0.1) is 0 Å². The van der Waals surface area contributed by atoms with Gasteiger partial charge in [0.15, 0.2) is 0 Å². The number of piperazine rings is 1. The lowest BCUT2D eigenvalue weighted by Gasteiger charge is -2.39. The molecule has 2 aliphatic rings. The van der Waals surface area contributed by atoms with Gasteiger partial charge >= 0.3 is 6.18 Å². The van der Waals surface area contributed by atoms with Crippen molar-refractivity contribution in [3.8, 4) is 0 Å². The summed E-state index contributed by atoms with van der Waals surface area (Å²) in [6.45, 7) is 2.97. The first-order chi connectivity index (χ1) is 9.99. The van der Waals surface area contributed by atoms with Crippen LogP contribution in [0.3, 0.4) is 0 Å². The van der Waals surface area contributed by atoms with Crippen molar-refractivity contribution in [2.24, 2.45) is 0 Å². The summed E-state index contributed by atoms with van der Waals surface area (Å²) in [7, 11) is 0. The smallest absolute Gasteiger partial charge is 0.392 e. The SMILES string of the molecule is OCc1ccc(N2CCN3CCCC3C2)cc1C(F)(F)F. The van der Waals surface area contributed by atoms with Crippen molar-refractivity contribution in [1.82, 2.24) is 4.90 Å². The number of hydrogen-bond acceptors (Lipinski definition) is 3. The third-order valence-corrected chi connectivity index (χ3v) is 4.52. The monoisotopic (exact) mass is 300 g/mol. The van der Waals surface area contributed by atoms with E-state index in [-0.39, 0.29) is 5.56 Å². The summed E-state index contributed by atoms with van der Waals surface area (Å²) < 4.78 is 39.2. The Morgan fingerprint density at radius 3 is 2.71 bits per heavy atom. The van der Waals surface area contributed by atoms with Crippen LogP contribution in [0.1, 0.15) is 24.0 Å². The van der Waals surface area contributed by atoms with Crippen molar-refractivity contribution in [3.63, 3.8) is 0 Å². The van der Waals surface area contributed by atoms with E-state index >= 15 is 0 Å². The second kappa shape index (κ2) is 5.50. The molecule has 3 rings (SSSR count). The molecule has 1 atom stereocenters. The number of hydrogen-bond donors (Lipinski definition) is 1. The molecule has 0 spiro atoms. The van der Waals surface area contributed by atoms with E-state index in [1.165, 1.54) is 18.6 Å². The highest BCUT2D eigenvalue weighted by Crippen LogP contribution is 2.35. The molecule has 6 heteroatoms. The van der Waals surface area contributed by atoms with Gasteiger partial charge in [-0.2, -0.15) is 13.2 Å². The van der Waals surface area contributed by atoms with Crippen LogP contribution in [0.5, 0.6) is 0 Å². The van der Waals surface area contributed by atoms with Crippen molar-refractivity contribution < 1.29 is 18.3 Å². The minimum Gasteiger partial charge on any atom is -0.392 e. The van der Waals surface area contributed by atoms with Gasteiger partial charge in [-0.05, 0) is 37.1 Å². The molecule has 0 aromatic heterocycles. The quantitative estimate of drug-likeness (QED) is 0.909. The summed E-state index contributed by atoms with van der Waals surface area (Å²) in [6, 6.07) is 4.71. The number of anilines is 1. The standard InChI is InChI=1S/C15H19F3N2O/c16-15(17,18)14-8-12(4-3-11(14)10-21)20-7-6-19-5-1-2-13(19)9-20/h3-4,8,13,21H,1-2,5-7,9-10H2. The Morgan fingerprint density at radius 2 is 2.00 bits per heavy atom. The Morgan fingerprint density at radius 1 is 1.19 bits per heavy atom. The maximum absolute atomic E-state index is 13.1. The molecule has 0 bridgehead atoms. The molecule has 2 fully saturated rings. The van der Waals surface area contributed by atoms with Gasteiger partial charge in [-0.25, -0.2) is 0 Å². The number of rotatable bonds is 2. The molecule has 1 aromatic rings. The molecular formula is C15H19F3N2O. The fourth-order valence-electron chi connectivity index (χ4n) is 3.39. The number of alkyl halides is 3. The van der Waals surface area contributed by atoms with E-state index in [9.17, 15) is 13.2 Å². The lowest BCUT2D eigenvalue weighted by atomic mass is 10.0. The van der Waals surface area contributed by atoms with Crippen molar-refractivity contribution in [3.05, 3.63) is 29.3 Å². The van der Waals surface area contributed by atoms with Crippen molar-refractivity contribution in [2.45, 2.75) is 31.7 Å². The van der Waals surface area contributed by atoms with Crippen molar-refractivity contribution in [1.29, 1.82) is 0 Å². The van der Waals surface area contributed by atoms with Gasteiger partial charge in [0.1, 0.15) is 0 Å². The molecule has 0 radical (unpaired) electrons. The van der Waals surface area contributed by atoms with Gasteiger partial charge in [-0.3, -0.25) is 4.90 Å². The van der Waals surface area contributed by atoms with Crippen molar-refractivity contribution in [2.75, 3.05) is 31.1 Å². The third-order valence-electron chi connectivity index (χ3n) is 4.52. The summed E-state index contributed by atoms with van der Waals surface area (Å²) in [5, 5.41) is 9.09. The Balaban J connectivity index is 1.85. The maximum atomic E-state index is 13.1. The number of benzene rings is 1. The molecule has 2 saturated heterocycles. The second-order valence-electron chi connectivity index (χ2n) is 5.78. The van der Waals surface area contributed by atoms with Gasteiger partial charge < -0.3 is 10.0 Å². The van der Waals surface area contributed by atoms with Crippen LogP contribution >= 0.6 is 0 Å². The Bertz CT molecular complexity index is 518. The number of halogens is 3. The highest BCUT2D eigenvalue weighted by atomic mass is 19.4. The number of fused-ring (bicyclic) bond motifs is 1. The van der Waals surface area contributed by atoms with Crippen LogP contribution in [-0.4, -0.2) is 42.2 Å². The molecule has 2 aliphatic heterocycles. The van der Waals surface area contributed by atoms with E-state index in [1.807, 2.05) is 4.90 Å². The predicted octanol–water partition coefficient (Wildman–Crippen LogP) is 2.48. The van der Waals surface area contributed by atoms with E-state index < -0.39 is 18.3 Å². The van der Waals surface area contributed by atoms with E-state index in [1.54, 1.807) is 6.07 Å². The molecule has 0 aliphatic carbocycles. The zero-order valence-electron chi connectivity index (χ0n) is 11.7. The molecule has 3 nitrogen and oxygen atoms in total. The first kappa shape index (κ1) is 14.7. The third kappa shape index (κ3) is 2.87. The summed E-state index contributed by atoms with van der Waals surface area (Å²) in [4.78, 5) is 4.45. The lowest BCUT2D eigenvalue weighted by molar-refractivity contribution is -0.138. The van der Waals surface area contributed by atoms with Crippen LogP contribution in [0.15, 0.2) is 18.2 Å². The van der Waals surface area contributed by atoms with Crippen LogP contribution in [0.25, 0.3) is 0 Å². The Hall–Kier alpha value is -1.27. The van der Waals surface area contributed by atoms with Gasteiger partial charge in [0.2, 0.25) is 0 Å². The topological polar surface area (TPSA) is 26.7 Å². The van der Waals surface area contributed by atoms with Gasteiger partial charge in [-0.1, -0.05) is 6.07 Å². The summed E-state index contributed by atoms with van der Waals surface area (Å²) in [5.41, 5.74) is -0.187. The van der Waals surface area contributed by atoms with Crippen LogP contribution in [0.4, 0.5) is 18.9 Å². The van der Waals surface area contributed by atoms with Crippen LogP contribution in [0, 0.1) is 0 Å². The lowest BCUT2D eigenvalue weighted by Crippen LogP contribution is -2.50. The highest BCUT2D eigenvalue weighted by molar-refractivity contribution is 5.52. The molecule has 0 saturated carbocycles. The average Bonchev–Trinajstić information content (AvgIpc) is 2.93. The van der Waals surface area contributed by atoms with E-state index in [4.69, 9.17) is 5.11 Å². The number of nitrogens with zero attached hydrogens (tertiary/aromatic N) is 2. The largest absolute Gasteiger partial charge is 0.416 e. The zero-order valence-corrected chi connectivity index (χ0v) is 11.7. The molecule has 116 valence electrons. The molecule has 0 amide bonds. The Kier molecular flexibility index (Phi) is 3.84. The Labute approximate surface area is 122 Å². The summed E-state index contributed by atoms with van der Waals surface area (Å²) in [5.74, 6) is 0. The van der Waals surface area contributed by atoms with Crippen LogP contribution in [0.2, 0.25) is 0 Å². The number of aliphatic hydroxyl groups excluding tert-OH is 1. The van der Waals surface area contributed by atoms with E-state index in [2.05, 4.69) is 4.90 Å². The second-order valence-corrected chi connectivity index (χ2v) is 5.78. The van der Waals surface area contributed by atoms with Crippen molar-refractivity contribution >= 4 is 5.69 Å². The average molecular weight is 300 g/mol. The maximum Gasteiger partial charge on any atom is 0.416 e. The van der Waals surface area contributed by atoms with Gasteiger partial charge in [0, 0.05) is 31.4 Å². The first-order valence-electron chi connectivity index (χ1n) is 7.29. The molecule has 1 N–H and O–H groups in total. The molecule has 1 unspecified atom stereocenters. The fourth-order valence-corrected chi connectivity index (χ4v) is 3.39. The summed E-state index contributed by atoms with van der Waals surface area (Å²) in [6.07, 6.45) is -2.13. The molecule has 1 aromatic carbocycles. The summed E-state index contributed by atoms with van der Waals surface area (Å²) >= 11 is 0. The molecular weight excluding hydrogens is 281 g/mol. The molecule has 21 heavy (non-hydrogen) atoms. The van der Waals surface area contributed by atoms with E-state index in [0.717, 1.165) is 32.6 Å². The predicted molar refractivity (Wildman–Crippen MR) is 74.2 cm³/mol. The van der Waals surface area contributed by atoms with Crippen LogP contribution < -0.4 is 4.90 Å². The highest BCUT2D eigenvalue weighted by Gasteiger charge is 2.35. The fraction of sp³-hybridized carbons (Fsp3) is 0.600.